The molecule has 4 aromatic rings. The summed E-state index contributed by atoms with van der Waals surface area (Å²) in [5, 5.41) is 11.3. The summed E-state index contributed by atoms with van der Waals surface area (Å²) in [4.78, 5) is 139. The number of nitrogens with zero attached hydrogens (tertiary/aromatic N) is 7. The standard InChI is InChI=1S/2C18H28N2O3.C18H33NO3.C16H28N4O3.C16H27N.C14H28N2O3/c1-6-23-18(22)15-7-9-16(10-8-15)19-17(21)12-20(14(4)5)11-13(2)3;1-6-23-18(22)15-8-7-9-16(10-15)19-17(21)12-20(14(4)5)11-13(2)3;1-6-22-18(21)16-9-7-15(8-10-16)17(20)12-19(14(4)5)11-13(2)3;1-11(2)8-20(12(3)4)9-15(21)19-14(16(22)23-5)6-13-7-17-10-18-13;1-14(2)13-17(15(3)4)12-8-11-16-9-6-5-7-10-16;1-11(2)9-16(12(3)4)10-13(17)15-8-6-7-14(18)19-5/h2*7-10,13-14H,6,11-12H2,1-5H3,(H,19,21);13-16H,6-12H2,1-5H3;7,10-12,14H,6,8-9H2,1-5H3,(H,17,18)(H,19,21);5-7,9-10,14-15H,8,11-13H2,1-4H3;11-12H,6-10H2,1-5H3,(H,15,17)/t;;;14-;;/m...0../s1. The Morgan fingerprint density at radius 1 is 0.433 bits per heavy atom. The normalized spacial score (nSPS) is 13.4. The lowest BCUT2D eigenvalue weighted by atomic mass is 9.80. The number of carbonyl (C=O) groups excluding carboxylic acids is 10. The molecule has 5 N–H and O–H groups in total. The highest BCUT2D eigenvalue weighted by Crippen LogP contribution is 2.31. The van der Waals surface area contributed by atoms with Gasteiger partial charge in [-0.25, -0.2) is 19.4 Å². The summed E-state index contributed by atoms with van der Waals surface area (Å²) in [6.45, 7) is 67.3. The zero-order chi connectivity index (χ0) is 96.4. The van der Waals surface area contributed by atoms with Crippen LogP contribution in [0.2, 0.25) is 0 Å². The third kappa shape index (κ3) is 56.6. The zero-order valence-corrected chi connectivity index (χ0v) is 83.8. The predicted octanol–water partition coefficient (Wildman–Crippen LogP) is 16.0. The number of carbonyl (C=O) groups is 10. The Morgan fingerprint density at radius 2 is 0.850 bits per heavy atom. The molecule has 0 spiro atoms. The van der Waals surface area contributed by atoms with Gasteiger partial charge in [-0.1, -0.05) is 119 Å². The molecular formula is C100H172N12O15. The van der Waals surface area contributed by atoms with Crippen molar-refractivity contribution in [2.24, 2.45) is 47.3 Å². The molecule has 1 saturated carbocycles. The van der Waals surface area contributed by atoms with Crippen LogP contribution in [0.1, 0.15) is 264 Å². The van der Waals surface area contributed by atoms with Gasteiger partial charge in [0, 0.05) is 124 Å². The number of hydrogen-bond donors (Lipinski definition) is 5. The van der Waals surface area contributed by atoms with Gasteiger partial charge in [0.05, 0.1) is 90.1 Å². The first-order valence-corrected chi connectivity index (χ1v) is 46.8. The summed E-state index contributed by atoms with van der Waals surface area (Å²) in [5.41, 5.74) is 4.43. The van der Waals surface area contributed by atoms with E-state index in [2.05, 4.69) is 262 Å². The quantitative estimate of drug-likeness (QED) is 0.0156. The van der Waals surface area contributed by atoms with E-state index in [1.165, 1.54) is 52.0 Å². The molecule has 1 fully saturated rings. The molecule has 0 bridgehead atoms. The molecule has 1 aliphatic rings. The molecule has 1 aromatic heterocycles. The third-order valence-corrected chi connectivity index (χ3v) is 20.5. The van der Waals surface area contributed by atoms with Crippen molar-refractivity contribution < 1.29 is 71.6 Å². The maximum absolute atomic E-state index is 12.5. The summed E-state index contributed by atoms with van der Waals surface area (Å²) < 4.78 is 24.3. The number of rotatable bonds is 49. The smallest absolute Gasteiger partial charge is 0.338 e. The van der Waals surface area contributed by atoms with Crippen LogP contribution in [0.25, 0.3) is 0 Å². The first kappa shape index (κ1) is 119. The van der Waals surface area contributed by atoms with Crippen molar-refractivity contribution in [1.82, 2.24) is 50.0 Å². The van der Waals surface area contributed by atoms with Crippen LogP contribution in [0.3, 0.4) is 0 Å². The van der Waals surface area contributed by atoms with Crippen molar-refractivity contribution in [3.05, 3.63) is 114 Å². The van der Waals surface area contributed by atoms with Crippen LogP contribution in [0.15, 0.2) is 91.4 Å². The fraction of sp³-hybridized carbons (Fsp3) is 0.690. The number of Topliss-reactive ketones (excluding diaryl/α,β-unsaturated/α-hetero) is 1. The number of H-pyrrole nitrogens is 1. The number of aryl methyl sites for hydroxylation is 1. The molecule has 0 unspecified atom stereocenters. The third-order valence-electron chi connectivity index (χ3n) is 20.5. The number of ketones is 1. The Kier molecular flexibility index (Phi) is 63.2. The van der Waals surface area contributed by atoms with Crippen LogP contribution in [-0.4, -0.2) is 260 Å². The first-order valence-electron chi connectivity index (χ1n) is 46.8. The molecule has 0 aliphatic heterocycles. The molecule has 3 aromatic carbocycles. The predicted molar refractivity (Wildman–Crippen MR) is 514 cm³/mol. The largest absolute Gasteiger partial charge is 0.469 e. The molecule has 0 radical (unpaired) electrons. The lowest BCUT2D eigenvalue weighted by Gasteiger charge is -2.31. The highest BCUT2D eigenvalue weighted by atomic mass is 16.5. The second-order valence-electron chi connectivity index (χ2n) is 37.1. The number of ether oxygens (including phenoxy) is 5. The summed E-state index contributed by atoms with van der Waals surface area (Å²) in [6, 6.07) is 25.9. The molecule has 27 nitrogen and oxygen atoms in total. The SMILES string of the molecule is CC(C)CN(CCCc1ccccc1)C(C)C.CCOC(=O)C1CCC(C(=O)CN(CC(C)C)C(C)C)CC1.CCOC(=O)c1ccc(NC(=O)CN(CC(C)C)C(C)C)cc1.CCOC(=O)c1cccc(NC(=O)CN(CC(C)C)C(C)C)c1.COC(=O)CCCNC(=O)CN(CC(C)C)C(C)C.COC(=O)[C@H](Cc1cnc[nH]1)NC(=O)CN(CC(C)C)C(C)C. The van der Waals surface area contributed by atoms with Gasteiger partial charge in [-0.3, -0.25) is 58.1 Å². The second-order valence-corrected chi connectivity index (χ2v) is 37.1. The summed E-state index contributed by atoms with van der Waals surface area (Å²) in [7, 11) is 2.68. The highest BCUT2D eigenvalue weighted by molar-refractivity contribution is 5.96. The number of benzene rings is 3. The van der Waals surface area contributed by atoms with Crippen molar-refractivity contribution in [2.45, 2.75) is 287 Å². The van der Waals surface area contributed by atoms with E-state index in [-0.39, 0.29) is 71.9 Å². The molecule has 1 atom stereocenters. The molecule has 4 amide bonds. The molecule has 722 valence electrons. The molecule has 0 saturated heterocycles. The number of nitrogens with one attached hydrogen (secondary N) is 5. The summed E-state index contributed by atoms with van der Waals surface area (Å²) in [5.74, 6) is 1.97. The summed E-state index contributed by atoms with van der Waals surface area (Å²) >= 11 is 0. The molecule has 5 rings (SSSR count). The molecule has 127 heavy (non-hydrogen) atoms. The molecule has 27 heteroatoms. The van der Waals surface area contributed by atoms with Crippen molar-refractivity contribution in [3.8, 4) is 0 Å². The zero-order valence-electron chi connectivity index (χ0n) is 83.8. The minimum Gasteiger partial charge on any atom is -0.469 e. The number of esters is 5. The van der Waals surface area contributed by atoms with Gasteiger partial charge in [0.25, 0.3) is 0 Å². The van der Waals surface area contributed by atoms with Crippen LogP contribution in [-0.2, 0) is 74.9 Å². The Balaban J connectivity index is 0.00000150. The van der Waals surface area contributed by atoms with Crippen molar-refractivity contribution in [3.63, 3.8) is 0 Å². The van der Waals surface area contributed by atoms with Crippen LogP contribution < -0.4 is 21.3 Å². The van der Waals surface area contributed by atoms with Crippen LogP contribution in [0.4, 0.5) is 11.4 Å². The fourth-order valence-electron chi connectivity index (χ4n) is 13.8. The fourth-order valence-corrected chi connectivity index (χ4v) is 13.8. The average molecular weight is 1780 g/mol. The van der Waals surface area contributed by atoms with Gasteiger partial charge in [-0.15, -0.1) is 0 Å². The minimum absolute atomic E-state index is 0.000802. The van der Waals surface area contributed by atoms with Crippen LogP contribution in [0, 0.1) is 47.3 Å². The van der Waals surface area contributed by atoms with Gasteiger partial charge in [-0.05, 0) is 239 Å². The number of methoxy groups -OCH3 is 2. The Labute approximate surface area is 766 Å². The molecular weight excluding hydrogens is 1610 g/mol. The Bertz CT molecular complexity index is 3650. The van der Waals surface area contributed by atoms with Gasteiger partial charge in [0.1, 0.15) is 11.8 Å². The second kappa shape index (κ2) is 67.7. The number of imidazole rings is 1. The van der Waals surface area contributed by atoms with Crippen molar-refractivity contribution in [2.75, 3.05) is 130 Å². The lowest BCUT2D eigenvalue weighted by Crippen LogP contribution is -2.49. The van der Waals surface area contributed by atoms with E-state index in [1.807, 2.05) is 6.92 Å². The average Bonchev–Trinajstić information content (AvgIpc) is 1.26. The van der Waals surface area contributed by atoms with Gasteiger partial charge in [0.15, 0.2) is 0 Å². The lowest BCUT2D eigenvalue weighted by molar-refractivity contribution is -0.150. The van der Waals surface area contributed by atoms with E-state index in [4.69, 9.17) is 18.9 Å². The number of anilines is 2. The van der Waals surface area contributed by atoms with E-state index in [0.29, 0.717) is 160 Å². The van der Waals surface area contributed by atoms with E-state index in [0.717, 1.165) is 70.0 Å². The molecule has 1 heterocycles. The van der Waals surface area contributed by atoms with Crippen molar-refractivity contribution in [1.29, 1.82) is 0 Å². The highest BCUT2D eigenvalue weighted by Gasteiger charge is 2.32. The minimum atomic E-state index is -0.721. The monoisotopic (exact) mass is 1780 g/mol. The Hall–Kier alpha value is -8.47. The number of hydrogen-bond acceptors (Lipinski definition) is 22. The number of aromatic amines is 1. The van der Waals surface area contributed by atoms with E-state index in [9.17, 15) is 47.9 Å². The number of aromatic nitrogens is 2. The van der Waals surface area contributed by atoms with Crippen LogP contribution >= 0.6 is 0 Å². The van der Waals surface area contributed by atoms with E-state index >= 15 is 0 Å². The topological polar surface area (TPSA) is 313 Å². The molecule has 1 aliphatic carbocycles. The first-order chi connectivity index (χ1) is 59.8. The van der Waals surface area contributed by atoms with E-state index < -0.39 is 12.0 Å². The van der Waals surface area contributed by atoms with Gasteiger partial charge in [-0.2, -0.15) is 0 Å². The van der Waals surface area contributed by atoms with E-state index in [1.54, 1.807) is 68.6 Å². The summed E-state index contributed by atoms with van der Waals surface area (Å²) in [6.07, 6.45) is 10.1. The van der Waals surface area contributed by atoms with Crippen LogP contribution in [0.5, 0.6) is 0 Å². The maximum Gasteiger partial charge on any atom is 0.338 e. The van der Waals surface area contributed by atoms with Gasteiger partial charge >= 0.3 is 29.8 Å². The van der Waals surface area contributed by atoms with Gasteiger partial charge in [0.2, 0.25) is 23.6 Å². The number of amides is 4. The van der Waals surface area contributed by atoms with Crippen molar-refractivity contribution >= 4 is 70.6 Å². The van der Waals surface area contributed by atoms with Gasteiger partial charge < -0.3 is 54.8 Å². The Morgan fingerprint density at radius 3 is 1.27 bits per heavy atom. The maximum atomic E-state index is 12.5.